The summed E-state index contributed by atoms with van der Waals surface area (Å²) in [5.41, 5.74) is 1.38. The SMILES string of the molecule is CC(=O)NCCCON1C(=O)c2ccccc2C1=O.CC(=O)NCCON1C(=O)c2ccccc2C1=O.CCC(=O)CCCOC.COCCCC(=O)OC.COCCCNC(C)=O.COCCCNC(C)=O.COCCCNC(C)=O.COCCNC(C)=O.COCCNC(C)=O.COCCNC(C)=O. The van der Waals surface area contributed by atoms with E-state index >= 15 is 0 Å². The lowest BCUT2D eigenvalue weighted by atomic mass is 10.1. The molecule has 8 N–H and O–H groups in total. The number of carbonyl (C=O) groups is 14. The maximum Gasteiger partial charge on any atom is 0.305 e. The zero-order chi connectivity index (χ0) is 81.7. The lowest BCUT2D eigenvalue weighted by Gasteiger charge is -2.13. The third-order valence-electron chi connectivity index (χ3n) is 12.0. The first-order chi connectivity index (χ1) is 50.5. The van der Waals surface area contributed by atoms with Crippen molar-refractivity contribution in [2.45, 2.75) is 120 Å². The second kappa shape index (κ2) is 78.8. The Morgan fingerprint density at radius 1 is 0.292 bits per heavy atom. The Balaban J connectivity index is -0.000000268. The minimum Gasteiger partial charge on any atom is -0.469 e. The van der Waals surface area contributed by atoms with Crippen LogP contribution in [0.2, 0.25) is 0 Å². The highest BCUT2D eigenvalue weighted by atomic mass is 16.7. The van der Waals surface area contributed by atoms with Crippen molar-refractivity contribution in [2.75, 3.05) is 182 Å². The van der Waals surface area contributed by atoms with Crippen LogP contribution in [0.15, 0.2) is 48.5 Å². The van der Waals surface area contributed by atoms with E-state index in [9.17, 15) is 67.1 Å². The van der Waals surface area contributed by atoms with Crippen molar-refractivity contribution in [1.82, 2.24) is 52.7 Å². The number of esters is 1. The van der Waals surface area contributed by atoms with Crippen LogP contribution in [0.3, 0.4) is 0 Å². The normalized spacial score (nSPS) is 10.7. The molecule has 608 valence electrons. The maximum atomic E-state index is 11.9. The molecule has 35 nitrogen and oxygen atoms in total. The second-order valence-corrected chi connectivity index (χ2v) is 21.5. The lowest BCUT2D eigenvalue weighted by molar-refractivity contribution is -0.141. The maximum absolute atomic E-state index is 11.9. The molecule has 35 heteroatoms. The van der Waals surface area contributed by atoms with Crippen molar-refractivity contribution in [3.05, 3.63) is 70.8 Å². The number of nitrogens with one attached hydrogen (secondary N) is 8. The molecule has 0 aliphatic carbocycles. The van der Waals surface area contributed by atoms with Crippen LogP contribution in [0.25, 0.3) is 0 Å². The van der Waals surface area contributed by atoms with Crippen molar-refractivity contribution in [1.29, 1.82) is 0 Å². The number of imide groups is 2. The first-order valence-corrected chi connectivity index (χ1v) is 34.1. The van der Waals surface area contributed by atoms with E-state index in [0.29, 0.717) is 152 Å². The molecule has 2 aliphatic rings. The van der Waals surface area contributed by atoms with Crippen LogP contribution >= 0.6 is 0 Å². The summed E-state index contributed by atoms with van der Waals surface area (Å²) in [5.74, 6) is -1.98. The largest absolute Gasteiger partial charge is 0.469 e. The fourth-order valence-electron chi connectivity index (χ4n) is 6.91. The topological polar surface area (TPSA) is 443 Å². The van der Waals surface area contributed by atoms with Crippen molar-refractivity contribution in [3.8, 4) is 0 Å². The molecule has 106 heavy (non-hydrogen) atoms. The van der Waals surface area contributed by atoms with Crippen molar-refractivity contribution < 1.29 is 119 Å². The Morgan fingerprint density at radius 3 is 0.745 bits per heavy atom. The molecule has 2 aromatic rings. The Labute approximate surface area is 625 Å². The standard InChI is InChI=1S/C13H14N2O4.C12H12N2O4.C7H14O2.3C6H13NO2.C6H12O3.3C5H11NO2/c1-9(16)14-7-4-8-19-15-12(17)10-5-2-3-6-11(10)13(15)18;1-8(15)13-6-7-18-14-11(16)9-4-2-3-5-10(9)12(14)17;1-3-7(8)5-4-6-9-2;3*1-6(8)7-4-3-5-9-2;1-8-5-3-4-6(7)9-2;3*1-5(7)6-3-4-8-2/h2-3,5-6H,4,7-8H2,1H3,(H,14,16);2-5H,6-7H2,1H3,(H,13,15);3-6H2,1-2H3;3*3-5H2,1-2H3,(H,7,8);3-5H2,1-2H3;3*3-4H2,1-2H3,(H,6,7). The average molecular weight is 1520 g/mol. The van der Waals surface area contributed by atoms with Gasteiger partial charge in [0.15, 0.2) is 0 Å². The molecular weight excluding hydrogens is 1390 g/mol. The summed E-state index contributed by atoms with van der Waals surface area (Å²) < 4.78 is 42.3. The van der Waals surface area contributed by atoms with Crippen LogP contribution in [0.5, 0.6) is 0 Å². The van der Waals surface area contributed by atoms with Crippen LogP contribution in [-0.2, 0) is 100 Å². The summed E-state index contributed by atoms with van der Waals surface area (Å²) in [7, 11) is 14.4. The summed E-state index contributed by atoms with van der Waals surface area (Å²) in [4.78, 5) is 161. The highest BCUT2D eigenvalue weighted by Crippen LogP contribution is 2.23. The smallest absolute Gasteiger partial charge is 0.305 e. The predicted molar refractivity (Wildman–Crippen MR) is 395 cm³/mol. The molecule has 0 radical (unpaired) electrons. The van der Waals surface area contributed by atoms with Crippen molar-refractivity contribution in [3.63, 3.8) is 0 Å². The minimum absolute atomic E-state index is 0.0120. The quantitative estimate of drug-likeness (QED) is 0.0271. The number of ketones is 1. The monoisotopic (exact) mass is 1520 g/mol. The van der Waals surface area contributed by atoms with Gasteiger partial charge in [-0.15, -0.1) is 10.1 Å². The number of nitrogens with zero attached hydrogens (tertiary/aromatic N) is 2. The van der Waals surface area contributed by atoms with Gasteiger partial charge in [-0.1, -0.05) is 31.2 Å². The summed E-state index contributed by atoms with van der Waals surface area (Å²) >= 11 is 0. The summed E-state index contributed by atoms with van der Waals surface area (Å²) in [6.07, 6.45) is 6.56. The first-order valence-electron chi connectivity index (χ1n) is 34.1. The molecule has 0 unspecified atom stereocenters. The predicted octanol–water partition coefficient (Wildman–Crippen LogP) is 2.85. The lowest BCUT2D eigenvalue weighted by Crippen LogP contribution is -2.34. The van der Waals surface area contributed by atoms with Gasteiger partial charge in [0.2, 0.25) is 47.3 Å². The van der Waals surface area contributed by atoms with Crippen LogP contribution in [0.4, 0.5) is 0 Å². The van der Waals surface area contributed by atoms with E-state index in [1.807, 2.05) is 6.92 Å². The zero-order valence-corrected chi connectivity index (χ0v) is 65.8. The van der Waals surface area contributed by atoms with E-state index in [0.717, 1.165) is 42.2 Å². The fraction of sp³-hybridized carbons (Fsp3) is 0.634. The van der Waals surface area contributed by atoms with Gasteiger partial charge in [-0.3, -0.25) is 76.8 Å². The molecule has 4 rings (SSSR count). The number of hydrogen-bond donors (Lipinski definition) is 8. The van der Waals surface area contributed by atoms with Crippen molar-refractivity contribution in [2.24, 2.45) is 0 Å². The van der Waals surface area contributed by atoms with Gasteiger partial charge in [-0.25, -0.2) is 0 Å². The van der Waals surface area contributed by atoms with Crippen LogP contribution in [0.1, 0.15) is 162 Å². The minimum atomic E-state index is -0.474. The number of Topliss-reactive ketones (excluding diaryl/α,β-unsaturated/α-hetero) is 1. The van der Waals surface area contributed by atoms with Gasteiger partial charge >= 0.3 is 5.97 Å². The number of carbonyl (C=O) groups excluding carboxylic acids is 14. The molecule has 2 aliphatic heterocycles. The number of amides is 12. The number of hydroxylamine groups is 4. The van der Waals surface area contributed by atoms with E-state index in [-0.39, 0.29) is 73.0 Å². The molecule has 0 atom stereocenters. The zero-order valence-electron chi connectivity index (χ0n) is 65.8. The number of benzene rings is 2. The van der Waals surface area contributed by atoms with E-state index < -0.39 is 23.6 Å². The van der Waals surface area contributed by atoms with Gasteiger partial charge in [0, 0.05) is 217 Å². The molecule has 0 bridgehead atoms. The molecule has 0 saturated heterocycles. The average Bonchev–Trinajstić information content (AvgIpc) is 1.65. The molecule has 2 heterocycles. The molecule has 0 saturated carbocycles. The number of rotatable bonds is 39. The van der Waals surface area contributed by atoms with E-state index in [4.69, 9.17) is 33.4 Å². The molecule has 2 aromatic carbocycles. The number of fused-ring (bicyclic) bond motifs is 2. The van der Waals surface area contributed by atoms with E-state index in [2.05, 4.69) is 61.5 Å². The first kappa shape index (κ1) is 108. The second-order valence-electron chi connectivity index (χ2n) is 21.5. The summed E-state index contributed by atoms with van der Waals surface area (Å²) in [6, 6.07) is 13.1. The Kier molecular flexibility index (Phi) is 80.4. The van der Waals surface area contributed by atoms with Gasteiger partial charge in [0.25, 0.3) is 23.6 Å². The van der Waals surface area contributed by atoms with Crippen molar-refractivity contribution >= 4 is 82.6 Å². The highest BCUT2D eigenvalue weighted by Gasteiger charge is 2.37. The Hall–Kier alpha value is -8.78. The summed E-state index contributed by atoms with van der Waals surface area (Å²) in [6.45, 7) is 23.7. The van der Waals surface area contributed by atoms with Gasteiger partial charge in [-0.05, 0) is 62.8 Å². The fourth-order valence-corrected chi connectivity index (χ4v) is 6.91. The van der Waals surface area contributed by atoms with Gasteiger partial charge < -0.3 is 85.2 Å². The molecule has 0 spiro atoms. The highest BCUT2D eigenvalue weighted by molar-refractivity contribution is 6.21. The molecule has 12 amide bonds. The van der Waals surface area contributed by atoms with Gasteiger partial charge in [-0.2, -0.15) is 0 Å². The van der Waals surface area contributed by atoms with Gasteiger partial charge in [0.05, 0.1) is 62.4 Å². The Morgan fingerprint density at radius 2 is 0.509 bits per heavy atom. The molecular formula is C71H124N10O25. The third-order valence-corrected chi connectivity index (χ3v) is 12.0. The number of hydrogen-bond acceptors (Lipinski definition) is 25. The van der Waals surface area contributed by atoms with Crippen LogP contribution in [-0.4, -0.2) is 275 Å². The van der Waals surface area contributed by atoms with E-state index in [1.54, 1.807) is 105 Å². The third kappa shape index (κ3) is 73.5. The van der Waals surface area contributed by atoms with Crippen LogP contribution < -0.4 is 42.5 Å². The van der Waals surface area contributed by atoms with E-state index in [1.165, 1.54) is 62.5 Å². The number of methoxy groups -OCH3 is 9. The number of ether oxygens (including phenoxy) is 9. The summed E-state index contributed by atoms with van der Waals surface area (Å²) in [5, 5.41) is 22.3. The van der Waals surface area contributed by atoms with Crippen LogP contribution in [0, 0.1) is 0 Å². The Bertz CT molecular complexity index is 2540. The van der Waals surface area contributed by atoms with Gasteiger partial charge in [0.1, 0.15) is 5.78 Å². The molecule has 0 aromatic heterocycles. The molecule has 0 fully saturated rings.